The zero-order chi connectivity index (χ0) is 14.4. The predicted molar refractivity (Wildman–Crippen MR) is 73.7 cm³/mol. The number of benzene rings is 1. The minimum atomic E-state index is -0.287. The molecule has 0 aliphatic carbocycles. The molecule has 1 aromatic carbocycles. The molecule has 2 aromatic rings. The third-order valence-electron chi connectivity index (χ3n) is 2.64. The molecule has 0 spiro atoms. The van der Waals surface area contributed by atoms with Crippen molar-refractivity contribution in [1.29, 1.82) is 0 Å². The molecule has 102 valence electrons. The highest BCUT2D eigenvalue weighted by Crippen LogP contribution is 2.09. The van der Waals surface area contributed by atoms with E-state index < -0.39 is 0 Å². The minimum Gasteiger partial charge on any atom is -0.345 e. The molecule has 0 atom stereocenters. The number of carbonyl (C=O) groups is 1. The van der Waals surface area contributed by atoms with Crippen molar-refractivity contribution in [3.05, 3.63) is 48.0 Å². The van der Waals surface area contributed by atoms with Gasteiger partial charge in [0.25, 0.3) is 5.91 Å². The molecule has 1 N–H and O–H groups in total. The van der Waals surface area contributed by atoms with Gasteiger partial charge in [0.05, 0.1) is 11.4 Å². The van der Waals surface area contributed by atoms with Gasteiger partial charge in [0.2, 0.25) is 0 Å². The number of aromatic nitrogens is 2. The molecule has 0 aliphatic heterocycles. The fourth-order valence-electron chi connectivity index (χ4n) is 1.69. The number of amides is 1. The van der Waals surface area contributed by atoms with Crippen molar-refractivity contribution in [3.63, 3.8) is 0 Å². The Labute approximate surface area is 116 Å². The van der Waals surface area contributed by atoms with E-state index in [-0.39, 0.29) is 11.7 Å². The van der Waals surface area contributed by atoms with E-state index in [4.69, 9.17) is 0 Å². The number of nitrogens with one attached hydrogen (secondary N) is 1. The van der Waals surface area contributed by atoms with Crippen molar-refractivity contribution in [3.8, 4) is 17.5 Å². The normalized spacial score (nSPS) is 9.70. The molecule has 0 saturated heterocycles. The quantitative estimate of drug-likeness (QED) is 0.860. The van der Waals surface area contributed by atoms with Crippen LogP contribution in [0.2, 0.25) is 0 Å². The molecular weight excluding hydrogens is 257 g/mol. The molecular formula is C15H14FN3O. The van der Waals surface area contributed by atoms with Crippen LogP contribution in [-0.2, 0) is 11.2 Å². The van der Waals surface area contributed by atoms with Crippen molar-refractivity contribution in [2.75, 3.05) is 6.54 Å². The summed E-state index contributed by atoms with van der Waals surface area (Å²) in [4.78, 5) is 11.1. The Balaban J connectivity index is 1.93. The first-order chi connectivity index (χ1) is 9.69. The lowest BCUT2D eigenvalue weighted by Gasteiger charge is -2.01. The maximum atomic E-state index is 12.8. The maximum absolute atomic E-state index is 12.8. The number of halogens is 1. The molecule has 1 aromatic heterocycles. The van der Waals surface area contributed by atoms with Crippen LogP contribution in [0.3, 0.4) is 0 Å². The minimum absolute atomic E-state index is 0.277. The lowest BCUT2D eigenvalue weighted by atomic mass is 10.3. The van der Waals surface area contributed by atoms with E-state index in [0.717, 1.165) is 11.4 Å². The number of carbonyl (C=O) groups excluding carboxylic acids is 1. The zero-order valence-electron chi connectivity index (χ0n) is 11.1. The van der Waals surface area contributed by atoms with Crippen LogP contribution in [0, 0.1) is 17.7 Å². The summed E-state index contributed by atoms with van der Waals surface area (Å²) in [7, 11) is 0. The number of hydrogen-bond acceptors (Lipinski definition) is 2. The van der Waals surface area contributed by atoms with Crippen molar-refractivity contribution in [2.24, 2.45) is 0 Å². The van der Waals surface area contributed by atoms with Gasteiger partial charge in [0, 0.05) is 19.2 Å². The second-order valence-corrected chi connectivity index (χ2v) is 4.11. The summed E-state index contributed by atoms with van der Waals surface area (Å²) >= 11 is 0. The maximum Gasteiger partial charge on any atom is 0.295 e. The molecule has 4 nitrogen and oxygen atoms in total. The molecule has 2 rings (SSSR count). The second-order valence-electron chi connectivity index (χ2n) is 4.11. The van der Waals surface area contributed by atoms with Crippen molar-refractivity contribution < 1.29 is 9.18 Å². The Kier molecular flexibility index (Phi) is 4.51. The lowest BCUT2D eigenvalue weighted by molar-refractivity contribution is -0.115. The van der Waals surface area contributed by atoms with Crippen molar-refractivity contribution in [1.82, 2.24) is 15.1 Å². The SMILES string of the molecule is CC#CC(=O)NCCc1ccn(-c2ccc(F)cc2)n1. The van der Waals surface area contributed by atoms with Crippen LogP contribution in [0.5, 0.6) is 0 Å². The third-order valence-corrected chi connectivity index (χ3v) is 2.64. The summed E-state index contributed by atoms with van der Waals surface area (Å²) in [6, 6.07) is 7.96. The van der Waals surface area contributed by atoms with E-state index in [2.05, 4.69) is 22.3 Å². The van der Waals surface area contributed by atoms with E-state index in [1.807, 2.05) is 6.07 Å². The highest BCUT2D eigenvalue weighted by molar-refractivity contribution is 5.93. The molecule has 1 heterocycles. The monoisotopic (exact) mass is 271 g/mol. The summed E-state index contributed by atoms with van der Waals surface area (Å²) in [6.45, 7) is 2.10. The Morgan fingerprint density at radius 2 is 2.10 bits per heavy atom. The largest absolute Gasteiger partial charge is 0.345 e. The Morgan fingerprint density at radius 3 is 2.80 bits per heavy atom. The highest BCUT2D eigenvalue weighted by Gasteiger charge is 2.02. The van der Waals surface area contributed by atoms with E-state index in [0.29, 0.717) is 13.0 Å². The average molecular weight is 271 g/mol. The molecule has 0 aliphatic rings. The summed E-state index contributed by atoms with van der Waals surface area (Å²) in [5, 5.41) is 7.04. The Morgan fingerprint density at radius 1 is 1.35 bits per heavy atom. The van der Waals surface area contributed by atoms with E-state index >= 15 is 0 Å². The molecule has 5 heteroatoms. The standard InChI is InChI=1S/C15H14FN3O/c1-2-3-15(20)17-10-8-13-9-11-19(18-13)14-6-4-12(16)5-7-14/h4-7,9,11H,8,10H2,1H3,(H,17,20). The first kappa shape index (κ1) is 13.8. The average Bonchev–Trinajstić information content (AvgIpc) is 2.89. The van der Waals surface area contributed by atoms with Gasteiger partial charge in [0.15, 0.2) is 0 Å². The summed E-state index contributed by atoms with van der Waals surface area (Å²) in [5.41, 5.74) is 1.64. The van der Waals surface area contributed by atoms with Gasteiger partial charge in [-0.1, -0.05) is 5.92 Å². The molecule has 0 radical (unpaired) electrons. The number of nitrogens with zero attached hydrogens (tertiary/aromatic N) is 2. The van der Waals surface area contributed by atoms with Gasteiger partial charge in [-0.25, -0.2) is 9.07 Å². The van der Waals surface area contributed by atoms with Gasteiger partial charge < -0.3 is 5.32 Å². The zero-order valence-corrected chi connectivity index (χ0v) is 11.1. The first-order valence-corrected chi connectivity index (χ1v) is 6.20. The molecule has 0 fully saturated rings. The fraction of sp³-hybridized carbons (Fsp3) is 0.200. The second kappa shape index (κ2) is 6.53. The number of hydrogen-bond donors (Lipinski definition) is 1. The molecule has 0 unspecified atom stereocenters. The van der Waals surface area contributed by atoms with E-state index in [1.165, 1.54) is 12.1 Å². The van der Waals surface area contributed by atoms with Gasteiger partial charge in [-0.2, -0.15) is 5.10 Å². The third kappa shape index (κ3) is 3.69. The Hall–Kier alpha value is -2.61. The van der Waals surface area contributed by atoms with Gasteiger partial charge in [0.1, 0.15) is 5.82 Å². The van der Waals surface area contributed by atoms with Crippen LogP contribution in [0.15, 0.2) is 36.5 Å². The van der Waals surface area contributed by atoms with Crippen molar-refractivity contribution >= 4 is 5.91 Å². The smallest absolute Gasteiger partial charge is 0.295 e. The highest BCUT2D eigenvalue weighted by atomic mass is 19.1. The molecule has 1 amide bonds. The van der Waals surface area contributed by atoms with Crippen LogP contribution in [0.1, 0.15) is 12.6 Å². The number of rotatable bonds is 4. The van der Waals surface area contributed by atoms with Crippen LogP contribution in [0.4, 0.5) is 4.39 Å². The van der Waals surface area contributed by atoms with E-state index in [1.54, 1.807) is 29.9 Å². The van der Waals surface area contributed by atoms with Gasteiger partial charge >= 0.3 is 0 Å². The van der Waals surface area contributed by atoms with Gasteiger partial charge in [-0.3, -0.25) is 4.79 Å². The summed E-state index contributed by atoms with van der Waals surface area (Å²) in [5.74, 6) is 4.38. The first-order valence-electron chi connectivity index (χ1n) is 6.20. The van der Waals surface area contributed by atoms with Gasteiger partial charge in [-0.15, -0.1) is 0 Å². The molecule has 0 bridgehead atoms. The van der Waals surface area contributed by atoms with Crippen LogP contribution in [-0.4, -0.2) is 22.2 Å². The van der Waals surface area contributed by atoms with E-state index in [9.17, 15) is 9.18 Å². The Bertz CT molecular complexity index is 650. The van der Waals surface area contributed by atoms with Crippen molar-refractivity contribution in [2.45, 2.75) is 13.3 Å². The topological polar surface area (TPSA) is 46.9 Å². The predicted octanol–water partition coefficient (Wildman–Crippen LogP) is 1.69. The molecule has 0 saturated carbocycles. The molecule has 20 heavy (non-hydrogen) atoms. The van der Waals surface area contributed by atoms with Crippen LogP contribution in [0.25, 0.3) is 5.69 Å². The van der Waals surface area contributed by atoms with Crippen LogP contribution < -0.4 is 5.32 Å². The fourth-order valence-corrected chi connectivity index (χ4v) is 1.69. The van der Waals surface area contributed by atoms with Crippen LogP contribution >= 0.6 is 0 Å². The van der Waals surface area contributed by atoms with Gasteiger partial charge in [-0.05, 0) is 43.2 Å². The lowest BCUT2D eigenvalue weighted by Crippen LogP contribution is -2.24. The summed E-state index contributed by atoms with van der Waals surface area (Å²) < 4.78 is 14.5. The summed E-state index contributed by atoms with van der Waals surface area (Å²) in [6.07, 6.45) is 2.42.